The van der Waals surface area contributed by atoms with Gasteiger partial charge in [0.15, 0.2) is 5.96 Å². The molecular weight excluding hydrogens is 449 g/mol. The fraction of sp³-hybridized carbons (Fsp3) is 0.133. The number of benzene rings is 2. The third-order valence-corrected chi connectivity index (χ3v) is 5.53. The smallest absolute Gasteiger partial charge is 0.197 e. The number of halogens is 6. The number of nitrogens with two attached hydrogens (primary N) is 1. The van der Waals surface area contributed by atoms with Crippen molar-refractivity contribution in [1.82, 2.24) is 0 Å². The van der Waals surface area contributed by atoms with Gasteiger partial charge in [-0.15, -0.1) is 0 Å². The maximum atomic E-state index is 6.19. The molecule has 2 rings (SSSR count). The second-order valence-corrected chi connectivity index (χ2v) is 7.24. The fourth-order valence-corrected chi connectivity index (χ4v) is 3.22. The molecular formula is C15H12Cl6N4. The van der Waals surface area contributed by atoms with Gasteiger partial charge in [-0.1, -0.05) is 69.6 Å². The van der Waals surface area contributed by atoms with E-state index in [0.29, 0.717) is 31.5 Å². The molecule has 0 aliphatic carbocycles. The minimum Gasteiger partial charge on any atom is -0.369 e. The molecule has 4 nitrogen and oxygen atoms in total. The van der Waals surface area contributed by atoms with Crippen molar-refractivity contribution in [3.8, 4) is 0 Å². The quantitative estimate of drug-likeness (QED) is 0.239. The van der Waals surface area contributed by atoms with Crippen molar-refractivity contribution in [3.63, 3.8) is 0 Å². The molecule has 0 aliphatic heterocycles. The predicted molar refractivity (Wildman–Crippen MR) is 111 cm³/mol. The monoisotopic (exact) mass is 458 g/mol. The maximum Gasteiger partial charge on any atom is 0.197 e. The van der Waals surface area contributed by atoms with Crippen LogP contribution in [-0.2, 0) is 0 Å². The van der Waals surface area contributed by atoms with Crippen molar-refractivity contribution in [2.75, 3.05) is 23.9 Å². The Bertz CT molecular complexity index is 824. The van der Waals surface area contributed by atoms with Gasteiger partial charge in [-0.3, -0.25) is 0 Å². The molecule has 0 fully saturated rings. The zero-order valence-electron chi connectivity index (χ0n) is 12.8. The standard InChI is InChI=1S/C15H12Cl6N4/c1-25(11-3-2-8(17)13(20)14(11)21)15(22)24-6-23-10-5-7(16)4-9(18)12(10)19/h2-5,23H,6H2,1H3,(H2,22,24). The Kier molecular flexibility index (Phi) is 7.20. The van der Waals surface area contributed by atoms with E-state index >= 15 is 0 Å². The molecule has 2 aromatic rings. The number of aliphatic imine (C=N–C) groups is 1. The van der Waals surface area contributed by atoms with E-state index in [4.69, 9.17) is 75.3 Å². The van der Waals surface area contributed by atoms with Crippen LogP contribution in [0.15, 0.2) is 29.3 Å². The molecule has 25 heavy (non-hydrogen) atoms. The topological polar surface area (TPSA) is 53.6 Å². The highest BCUT2D eigenvalue weighted by Crippen LogP contribution is 2.37. The lowest BCUT2D eigenvalue weighted by Crippen LogP contribution is -2.34. The van der Waals surface area contributed by atoms with Crippen LogP contribution in [0.2, 0.25) is 30.1 Å². The molecule has 0 spiro atoms. The average Bonchev–Trinajstić information content (AvgIpc) is 2.56. The molecule has 0 heterocycles. The molecule has 10 heteroatoms. The summed E-state index contributed by atoms with van der Waals surface area (Å²) in [6, 6.07) is 6.51. The lowest BCUT2D eigenvalue weighted by molar-refractivity contribution is 1.09. The molecule has 3 N–H and O–H groups in total. The van der Waals surface area contributed by atoms with E-state index in [9.17, 15) is 0 Å². The summed E-state index contributed by atoms with van der Waals surface area (Å²) in [4.78, 5) is 5.80. The zero-order chi connectivity index (χ0) is 18.7. The van der Waals surface area contributed by atoms with E-state index in [2.05, 4.69) is 10.3 Å². The molecule has 0 saturated heterocycles. The first-order valence-electron chi connectivity index (χ1n) is 6.78. The van der Waals surface area contributed by atoms with Crippen molar-refractivity contribution in [2.24, 2.45) is 10.7 Å². The molecule has 0 unspecified atom stereocenters. The van der Waals surface area contributed by atoms with Crippen molar-refractivity contribution >= 4 is 86.9 Å². The summed E-state index contributed by atoms with van der Waals surface area (Å²) in [5.74, 6) is 0.206. The van der Waals surface area contributed by atoms with Gasteiger partial charge in [0.05, 0.1) is 36.5 Å². The highest BCUT2D eigenvalue weighted by Gasteiger charge is 2.14. The summed E-state index contributed by atoms with van der Waals surface area (Å²) in [6.07, 6.45) is 0. The van der Waals surface area contributed by atoms with Crippen molar-refractivity contribution in [1.29, 1.82) is 0 Å². The molecule has 0 aliphatic rings. The van der Waals surface area contributed by atoms with Gasteiger partial charge in [0.1, 0.15) is 6.67 Å². The molecule has 0 amide bonds. The van der Waals surface area contributed by atoms with Crippen LogP contribution in [0.5, 0.6) is 0 Å². The minimum absolute atomic E-state index is 0.144. The SMILES string of the molecule is CN(C(N)=NCNc1cc(Cl)cc(Cl)c1Cl)c1ccc(Cl)c(Cl)c1Cl. The van der Waals surface area contributed by atoms with E-state index in [1.165, 1.54) is 0 Å². The van der Waals surface area contributed by atoms with Gasteiger partial charge < -0.3 is 16.0 Å². The van der Waals surface area contributed by atoms with Crippen LogP contribution in [0.25, 0.3) is 0 Å². The van der Waals surface area contributed by atoms with Crippen molar-refractivity contribution in [2.45, 2.75) is 0 Å². The molecule has 0 radical (unpaired) electrons. The van der Waals surface area contributed by atoms with E-state index in [-0.39, 0.29) is 22.7 Å². The molecule has 134 valence electrons. The van der Waals surface area contributed by atoms with Gasteiger partial charge in [-0.2, -0.15) is 0 Å². The number of nitrogens with one attached hydrogen (secondary N) is 1. The summed E-state index contributed by atoms with van der Waals surface area (Å²) < 4.78 is 0. The molecule has 0 bridgehead atoms. The predicted octanol–water partition coefficient (Wildman–Crippen LogP) is 6.43. The number of hydrogen-bond acceptors (Lipinski definition) is 2. The van der Waals surface area contributed by atoms with Crippen molar-refractivity contribution in [3.05, 3.63) is 54.4 Å². The van der Waals surface area contributed by atoms with E-state index in [0.717, 1.165) is 0 Å². The van der Waals surface area contributed by atoms with Crippen LogP contribution < -0.4 is 16.0 Å². The summed E-state index contributed by atoms with van der Waals surface area (Å²) in [5.41, 5.74) is 7.10. The number of hydrogen-bond donors (Lipinski definition) is 2. The summed E-state index contributed by atoms with van der Waals surface area (Å²) in [5, 5.41) is 5.02. The normalized spacial score (nSPS) is 11.6. The van der Waals surface area contributed by atoms with Crippen LogP contribution >= 0.6 is 69.6 Å². The first-order chi connectivity index (χ1) is 11.7. The molecule has 2 aromatic carbocycles. The van der Waals surface area contributed by atoms with E-state index in [1.54, 1.807) is 36.2 Å². The van der Waals surface area contributed by atoms with Crippen molar-refractivity contribution < 1.29 is 0 Å². The van der Waals surface area contributed by atoms with Gasteiger partial charge in [0.25, 0.3) is 0 Å². The van der Waals surface area contributed by atoms with Gasteiger partial charge in [-0.25, -0.2) is 4.99 Å². The average molecular weight is 461 g/mol. The number of rotatable bonds is 4. The number of guanidine groups is 1. The third-order valence-electron chi connectivity index (χ3n) is 3.22. The highest BCUT2D eigenvalue weighted by molar-refractivity contribution is 6.49. The Hall–Kier alpha value is -0.750. The van der Waals surface area contributed by atoms with Crippen LogP contribution in [0.3, 0.4) is 0 Å². The van der Waals surface area contributed by atoms with E-state index in [1.807, 2.05) is 0 Å². The van der Waals surface area contributed by atoms with Gasteiger partial charge in [0.2, 0.25) is 0 Å². The first-order valence-corrected chi connectivity index (χ1v) is 9.04. The number of nitrogens with zero attached hydrogens (tertiary/aromatic N) is 2. The Morgan fingerprint density at radius 2 is 1.68 bits per heavy atom. The highest BCUT2D eigenvalue weighted by atomic mass is 35.5. The Morgan fingerprint density at radius 3 is 2.36 bits per heavy atom. The van der Waals surface area contributed by atoms with Crippen LogP contribution in [0.1, 0.15) is 0 Å². The minimum atomic E-state index is 0.144. The van der Waals surface area contributed by atoms with Gasteiger partial charge >= 0.3 is 0 Å². The third kappa shape index (κ3) is 4.91. The van der Waals surface area contributed by atoms with Crippen LogP contribution in [0.4, 0.5) is 11.4 Å². The first kappa shape index (κ1) is 20.6. The molecule has 0 saturated carbocycles. The summed E-state index contributed by atoms with van der Waals surface area (Å²) >= 11 is 36.2. The number of anilines is 2. The van der Waals surface area contributed by atoms with Crippen LogP contribution in [0, 0.1) is 0 Å². The Morgan fingerprint density at radius 1 is 1.00 bits per heavy atom. The zero-order valence-corrected chi connectivity index (χ0v) is 17.3. The Labute approximate surface area is 175 Å². The summed E-state index contributed by atoms with van der Waals surface area (Å²) in [6.45, 7) is 0.144. The maximum absolute atomic E-state index is 6.19. The van der Waals surface area contributed by atoms with Crippen LogP contribution in [-0.4, -0.2) is 19.7 Å². The lowest BCUT2D eigenvalue weighted by Gasteiger charge is -2.20. The second-order valence-electron chi connectivity index (χ2n) is 4.85. The fourth-order valence-electron chi connectivity index (χ4n) is 1.89. The largest absolute Gasteiger partial charge is 0.369 e. The van der Waals surface area contributed by atoms with Gasteiger partial charge in [0, 0.05) is 12.1 Å². The lowest BCUT2D eigenvalue weighted by atomic mass is 10.3. The summed E-state index contributed by atoms with van der Waals surface area (Å²) in [7, 11) is 1.70. The Balaban J connectivity index is 2.13. The molecule has 0 aromatic heterocycles. The second kappa shape index (κ2) is 8.76. The molecule has 0 atom stereocenters. The van der Waals surface area contributed by atoms with Gasteiger partial charge in [-0.05, 0) is 24.3 Å². The van der Waals surface area contributed by atoms with E-state index < -0.39 is 0 Å².